The smallest absolute Gasteiger partial charge is 0.0964 e. The summed E-state index contributed by atoms with van der Waals surface area (Å²) in [6.45, 7) is 4.39. The minimum absolute atomic E-state index is 0.109. The molecule has 0 spiro atoms. The highest BCUT2D eigenvalue weighted by atomic mass is 32.1. The Labute approximate surface area is 106 Å². The van der Waals surface area contributed by atoms with Crippen LogP contribution in [0.15, 0.2) is 18.2 Å². The van der Waals surface area contributed by atoms with Gasteiger partial charge in [-0.25, -0.2) is 4.98 Å². The molecule has 3 rings (SSSR count). The van der Waals surface area contributed by atoms with E-state index in [-0.39, 0.29) is 5.54 Å². The van der Waals surface area contributed by atoms with Crippen molar-refractivity contribution in [3.05, 3.63) is 28.8 Å². The summed E-state index contributed by atoms with van der Waals surface area (Å²) in [5, 5.41) is 1.22. The molecule has 0 amide bonds. The first kappa shape index (κ1) is 11.2. The monoisotopic (exact) mass is 246 g/mol. The van der Waals surface area contributed by atoms with E-state index in [1.807, 2.05) is 0 Å². The Kier molecular flexibility index (Phi) is 2.49. The van der Waals surface area contributed by atoms with Gasteiger partial charge in [-0.3, -0.25) is 0 Å². The second kappa shape index (κ2) is 3.79. The van der Waals surface area contributed by atoms with Gasteiger partial charge in [-0.1, -0.05) is 26.0 Å². The number of rotatable bonds is 2. The Morgan fingerprint density at radius 1 is 1.35 bits per heavy atom. The molecule has 2 nitrogen and oxygen atoms in total. The quantitative estimate of drug-likeness (QED) is 0.876. The second-order valence-corrected chi connectivity index (χ2v) is 6.43. The van der Waals surface area contributed by atoms with Crippen LogP contribution in [0.2, 0.25) is 0 Å². The summed E-state index contributed by atoms with van der Waals surface area (Å²) in [6, 6.07) is 6.43. The number of nitrogens with zero attached hydrogens (tertiary/aromatic N) is 1. The van der Waals surface area contributed by atoms with E-state index in [0.717, 1.165) is 18.4 Å². The lowest BCUT2D eigenvalue weighted by Gasteiger charge is -2.38. The van der Waals surface area contributed by atoms with Crippen LogP contribution in [0.1, 0.15) is 49.6 Å². The van der Waals surface area contributed by atoms with Crippen LogP contribution < -0.4 is 5.73 Å². The number of fused-ring (bicyclic) bond motifs is 1. The number of hydrogen-bond donors (Lipinski definition) is 1. The topological polar surface area (TPSA) is 38.9 Å². The molecule has 0 saturated heterocycles. The fourth-order valence-corrected chi connectivity index (χ4v) is 3.44. The fraction of sp³-hybridized carbons (Fsp3) is 0.500. The SMILES string of the molecule is CC(C)c1nc2c(C3(N)CCC3)cccc2s1. The highest BCUT2D eigenvalue weighted by Crippen LogP contribution is 2.42. The predicted molar refractivity (Wildman–Crippen MR) is 73.4 cm³/mol. The highest BCUT2D eigenvalue weighted by Gasteiger charge is 2.36. The van der Waals surface area contributed by atoms with Crippen LogP contribution in [0.5, 0.6) is 0 Å². The molecule has 3 heteroatoms. The van der Waals surface area contributed by atoms with E-state index in [9.17, 15) is 0 Å². The molecule has 0 unspecified atom stereocenters. The van der Waals surface area contributed by atoms with Crippen molar-refractivity contribution in [3.8, 4) is 0 Å². The van der Waals surface area contributed by atoms with E-state index in [1.165, 1.54) is 21.7 Å². The number of thiazole rings is 1. The first-order valence-electron chi connectivity index (χ1n) is 6.29. The third kappa shape index (κ3) is 1.69. The molecule has 2 aromatic rings. The largest absolute Gasteiger partial charge is 0.321 e. The summed E-state index contributed by atoms with van der Waals surface area (Å²) in [7, 11) is 0. The molecule has 0 aliphatic heterocycles. The molecule has 0 radical (unpaired) electrons. The number of para-hydroxylation sites is 1. The lowest BCUT2D eigenvalue weighted by Crippen LogP contribution is -2.43. The maximum Gasteiger partial charge on any atom is 0.0964 e. The van der Waals surface area contributed by atoms with Gasteiger partial charge in [0.1, 0.15) is 0 Å². The Morgan fingerprint density at radius 3 is 2.71 bits per heavy atom. The molecule has 1 saturated carbocycles. The zero-order chi connectivity index (χ0) is 12.0. The summed E-state index contributed by atoms with van der Waals surface area (Å²) in [4.78, 5) is 4.80. The molecule has 0 atom stereocenters. The molecule has 90 valence electrons. The molecule has 1 fully saturated rings. The molecule has 1 heterocycles. The summed E-state index contributed by atoms with van der Waals surface area (Å²) < 4.78 is 1.28. The van der Waals surface area contributed by atoms with Crippen LogP contribution in [0.3, 0.4) is 0 Å². The zero-order valence-electron chi connectivity index (χ0n) is 10.4. The molecular weight excluding hydrogens is 228 g/mol. The maximum atomic E-state index is 6.44. The normalized spacial score (nSPS) is 18.6. The Bertz CT molecular complexity index is 552. The minimum Gasteiger partial charge on any atom is -0.321 e. The number of hydrogen-bond acceptors (Lipinski definition) is 3. The van der Waals surface area contributed by atoms with Gasteiger partial charge in [-0.15, -0.1) is 11.3 Å². The van der Waals surface area contributed by atoms with Gasteiger partial charge < -0.3 is 5.73 Å². The van der Waals surface area contributed by atoms with Gasteiger partial charge in [-0.2, -0.15) is 0 Å². The third-order valence-electron chi connectivity index (χ3n) is 3.71. The van der Waals surface area contributed by atoms with Gasteiger partial charge in [0, 0.05) is 11.5 Å². The molecule has 1 aliphatic rings. The molecule has 1 aromatic carbocycles. The van der Waals surface area contributed by atoms with E-state index < -0.39 is 0 Å². The minimum atomic E-state index is -0.109. The lowest BCUT2D eigenvalue weighted by molar-refractivity contribution is 0.255. The number of benzene rings is 1. The van der Waals surface area contributed by atoms with E-state index in [1.54, 1.807) is 11.3 Å². The van der Waals surface area contributed by atoms with Crippen molar-refractivity contribution >= 4 is 21.6 Å². The Morgan fingerprint density at radius 2 is 2.12 bits per heavy atom. The maximum absolute atomic E-state index is 6.44. The van der Waals surface area contributed by atoms with Crippen molar-refractivity contribution in [2.24, 2.45) is 5.73 Å². The van der Waals surface area contributed by atoms with Crippen LogP contribution in [-0.2, 0) is 5.54 Å². The van der Waals surface area contributed by atoms with Crippen LogP contribution in [0.4, 0.5) is 0 Å². The van der Waals surface area contributed by atoms with E-state index in [4.69, 9.17) is 10.7 Å². The molecular formula is C14H18N2S. The Hall–Kier alpha value is -0.930. The van der Waals surface area contributed by atoms with E-state index in [2.05, 4.69) is 32.0 Å². The summed E-state index contributed by atoms with van der Waals surface area (Å²) in [6.07, 6.45) is 3.44. The lowest BCUT2D eigenvalue weighted by atomic mass is 9.72. The van der Waals surface area contributed by atoms with Gasteiger partial charge in [0.05, 0.1) is 15.2 Å². The molecule has 17 heavy (non-hydrogen) atoms. The first-order valence-corrected chi connectivity index (χ1v) is 7.11. The van der Waals surface area contributed by atoms with Crippen LogP contribution in [-0.4, -0.2) is 4.98 Å². The van der Waals surface area contributed by atoms with Gasteiger partial charge in [0.25, 0.3) is 0 Å². The number of aromatic nitrogens is 1. The van der Waals surface area contributed by atoms with Gasteiger partial charge in [-0.05, 0) is 30.9 Å². The third-order valence-corrected chi connectivity index (χ3v) is 5.03. The van der Waals surface area contributed by atoms with Crippen LogP contribution in [0.25, 0.3) is 10.2 Å². The summed E-state index contributed by atoms with van der Waals surface area (Å²) >= 11 is 1.80. The average Bonchev–Trinajstić information content (AvgIpc) is 2.69. The summed E-state index contributed by atoms with van der Waals surface area (Å²) in [5.74, 6) is 0.496. The highest BCUT2D eigenvalue weighted by molar-refractivity contribution is 7.18. The molecule has 2 N–H and O–H groups in total. The zero-order valence-corrected chi connectivity index (χ0v) is 11.2. The van der Waals surface area contributed by atoms with Crippen LogP contribution >= 0.6 is 11.3 Å². The van der Waals surface area contributed by atoms with Crippen molar-refractivity contribution in [3.63, 3.8) is 0 Å². The van der Waals surface area contributed by atoms with Crippen molar-refractivity contribution in [2.75, 3.05) is 0 Å². The Balaban J connectivity index is 2.18. The van der Waals surface area contributed by atoms with E-state index >= 15 is 0 Å². The fourth-order valence-electron chi connectivity index (χ4n) is 2.44. The second-order valence-electron chi connectivity index (χ2n) is 5.37. The van der Waals surface area contributed by atoms with Gasteiger partial charge in [0.2, 0.25) is 0 Å². The van der Waals surface area contributed by atoms with Crippen molar-refractivity contribution in [1.29, 1.82) is 0 Å². The van der Waals surface area contributed by atoms with Crippen molar-refractivity contribution in [2.45, 2.75) is 44.6 Å². The predicted octanol–water partition coefficient (Wildman–Crippen LogP) is 3.76. The molecule has 0 bridgehead atoms. The van der Waals surface area contributed by atoms with Crippen molar-refractivity contribution in [1.82, 2.24) is 4.98 Å². The standard InChI is InChI=1S/C14H18N2S/c1-9(2)13-16-12-10(14(15)7-4-8-14)5-3-6-11(12)17-13/h3,5-6,9H,4,7-8,15H2,1-2H3. The average molecular weight is 246 g/mol. The molecule has 1 aromatic heterocycles. The van der Waals surface area contributed by atoms with Gasteiger partial charge in [0.15, 0.2) is 0 Å². The van der Waals surface area contributed by atoms with Gasteiger partial charge >= 0.3 is 0 Å². The van der Waals surface area contributed by atoms with Crippen molar-refractivity contribution < 1.29 is 0 Å². The first-order chi connectivity index (χ1) is 8.10. The molecule has 1 aliphatic carbocycles. The number of nitrogens with two attached hydrogens (primary N) is 1. The van der Waals surface area contributed by atoms with E-state index in [0.29, 0.717) is 5.92 Å². The summed E-state index contributed by atoms with van der Waals surface area (Å²) in [5.41, 5.74) is 8.73. The van der Waals surface area contributed by atoms with Crippen LogP contribution in [0, 0.1) is 0 Å².